The first-order valence-electron chi connectivity index (χ1n) is 7.21. The van der Waals surface area contributed by atoms with Crippen molar-refractivity contribution in [2.75, 3.05) is 19.6 Å². The van der Waals surface area contributed by atoms with Gasteiger partial charge >= 0.3 is 0 Å². The molecular weight excluding hydrogens is 258 g/mol. The number of hydrogen-bond acceptors (Lipinski definition) is 2. The fourth-order valence-electron chi connectivity index (χ4n) is 3.18. The predicted octanol–water partition coefficient (Wildman–Crippen LogP) is 3.74. The zero-order valence-corrected chi connectivity index (χ0v) is 12.6. The van der Waals surface area contributed by atoms with Crippen molar-refractivity contribution in [3.8, 4) is 0 Å². The fraction of sp³-hybridized carbons (Fsp3) is 0.625. The first-order valence-corrected chi connectivity index (χ1v) is 7.59. The van der Waals surface area contributed by atoms with E-state index in [4.69, 9.17) is 11.6 Å². The minimum atomic E-state index is -0.457. The molecule has 2 nitrogen and oxygen atoms in total. The second-order valence-electron chi connectivity index (χ2n) is 6.03. The van der Waals surface area contributed by atoms with Crippen LogP contribution in [0, 0.1) is 11.8 Å². The van der Waals surface area contributed by atoms with E-state index in [0.717, 1.165) is 43.5 Å². The van der Waals surface area contributed by atoms with E-state index in [9.17, 15) is 5.11 Å². The van der Waals surface area contributed by atoms with Gasteiger partial charge < -0.3 is 10.0 Å². The summed E-state index contributed by atoms with van der Waals surface area (Å²) in [6.45, 7) is 7.88. The largest absolute Gasteiger partial charge is 0.388 e. The van der Waals surface area contributed by atoms with Gasteiger partial charge in [-0.25, -0.2) is 0 Å². The first kappa shape index (κ1) is 14.8. The van der Waals surface area contributed by atoms with E-state index in [1.54, 1.807) is 0 Å². The molecule has 0 spiro atoms. The third-order valence-electron chi connectivity index (χ3n) is 3.93. The molecule has 0 aromatic heterocycles. The number of hydrogen-bond donors (Lipinski definition) is 1. The van der Waals surface area contributed by atoms with Crippen LogP contribution < -0.4 is 0 Å². The summed E-state index contributed by atoms with van der Waals surface area (Å²) < 4.78 is 0. The molecule has 1 aliphatic rings. The van der Waals surface area contributed by atoms with Crippen LogP contribution >= 0.6 is 11.6 Å². The molecule has 1 fully saturated rings. The Kier molecular flexibility index (Phi) is 5.26. The fourth-order valence-corrected chi connectivity index (χ4v) is 3.44. The zero-order chi connectivity index (χ0) is 13.8. The Labute approximate surface area is 121 Å². The van der Waals surface area contributed by atoms with E-state index >= 15 is 0 Å². The Bertz CT molecular complexity index is 399. The van der Waals surface area contributed by atoms with Crippen LogP contribution in [0.3, 0.4) is 0 Å². The lowest BCUT2D eigenvalue weighted by Crippen LogP contribution is -2.39. The van der Waals surface area contributed by atoms with Gasteiger partial charge in [-0.05, 0) is 36.3 Å². The number of aliphatic hydroxyl groups is 1. The van der Waals surface area contributed by atoms with Crippen LogP contribution in [0.5, 0.6) is 0 Å². The lowest BCUT2D eigenvalue weighted by Gasteiger charge is -2.35. The molecule has 1 saturated heterocycles. The Morgan fingerprint density at radius 2 is 1.89 bits per heavy atom. The van der Waals surface area contributed by atoms with Gasteiger partial charge in [0.1, 0.15) is 0 Å². The molecule has 0 saturated carbocycles. The van der Waals surface area contributed by atoms with Crippen molar-refractivity contribution in [2.45, 2.75) is 32.8 Å². The maximum atomic E-state index is 10.3. The van der Waals surface area contributed by atoms with Crippen molar-refractivity contribution in [1.82, 2.24) is 4.90 Å². The van der Waals surface area contributed by atoms with Crippen LogP contribution in [0.1, 0.15) is 38.4 Å². The molecule has 0 bridgehead atoms. The molecule has 0 radical (unpaired) electrons. The average molecular weight is 282 g/mol. The number of piperidine rings is 1. The van der Waals surface area contributed by atoms with Crippen molar-refractivity contribution in [3.05, 3.63) is 34.9 Å². The Morgan fingerprint density at radius 3 is 2.53 bits per heavy atom. The van der Waals surface area contributed by atoms with Crippen molar-refractivity contribution in [1.29, 1.82) is 0 Å². The predicted molar refractivity (Wildman–Crippen MR) is 80.4 cm³/mol. The van der Waals surface area contributed by atoms with Crippen molar-refractivity contribution in [3.63, 3.8) is 0 Å². The molecule has 1 aromatic rings. The highest BCUT2D eigenvalue weighted by molar-refractivity contribution is 6.31. The van der Waals surface area contributed by atoms with Gasteiger partial charge in [0.25, 0.3) is 0 Å². The Balaban J connectivity index is 1.87. The normalized spacial score (nSPS) is 26.3. The van der Waals surface area contributed by atoms with Gasteiger partial charge in [-0.15, -0.1) is 0 Å². The van der Waals surface area contributed by atoms with E-state index < -0.39 is 6.10 Å². The SMILES string of the molecule is CC1CC(C)CN(CCC(O)c2ccccc2Cl)C1. The molecule has 3 heteroatoms. The molecule has 1 aromatic carbocycles. The van der Waals surface area contributed by atoms with E-state index in [1.807, 2.05) is 24.3 Å². The molecular formula is C16H24ClNO. The molecule has 0 amide bonds. The quantitative estimate of drug-likeness (QED) is 0.909. The van der Waals surface area contributed by atoms with E-state index in [1.165, 1.54) is 6.42 Å². The molecule has 1 aliphatic heterocycles. The van der Waals surface area contributed by atoms with Crippen LogP contribution in [0.4, 0.5) is 0 Å². The topological polar surface area (TPSA) is 23.5 Å². The van der Waals surface area contributed by atoms with Gasteiger partial charge in [0.05, 0.1) is 6.10 Å². The van der Waals surface area contributed by atoms with Crippen molar-refractivity contribution in [2.24, 2.45) is 11.8 Å². The summed E-state index contributed by atoms with van der Waals surface area (Å²) in [6.07, 6.45) is 1.62. The first-order chi connectivity index (χ1) is 9.06. The average Bonchev–Trinajstić information content (AvgIpc) is 2.35. The second-order valence-corrected chi connectivity index (χ2v) is 6.44. The summed E-state index contributed by atoms with van der Waals surface area (Å²) in [7, 11) is 0. The number of aliphatic hydroxyl groups excluding tert-OH is 1. The zero-order valence-electron chi connectivity index (χ0n) is 11.8. The van der Waals surface area contributed by atoms with Gasteiger partial charge in [0.15, 0.2) is 0 Å². The van der Waals surface area contributed by atoms with E-state index in [-0.39, 0.29) is 0 Å². The van der Waals surface area contributed by atoms with Gasteiger partial charge in [-0.1, -0.05) is 43.6 Å². The molecule has 2 rings (SSSR count). The number of nitrogens with zero attached hydrogens (tertiary/aromatic N) is 1. The number of likely N-dealkylation sites (tertiary alicyclic amines) is 1. The highest BCUT2D eigenvalue weighted by Crippen LogP contribution is 2.26. The van der Waals surface area contributed by atoms with Crippen LogP contribution in [-0.2, 0) is 0 Å². The lowest BCUT2D eigenvalue weighted by molar-refractivity contribution is 0.103. The summed E-state index contributed by atoms with van der Waals surface area (Å²) in [5.74, 6) is 1.53. The summed E-state index contributed by atoms with van der Waals surface area (Å²) >= 11 is 6.11. The molecule has 1 heterocycles. The number of halogens is 1. The molecule has 3 atom stereocenters. The number of rotatable bonds is 4. The molecule has 1 N–H and O–H groups in total. The number of benzene rings is 1. The Hall–Kier alpha value is -0.570. The Morgan fingerprint density at radius 1 is 1.26 bits per heavy atom. The van der Waals surface area contributed by atoms with Gasteiger partial charge in [-0.2, -0.15) is 0 Å². The van der Waals surface area contributed by atoms with Gasteiger partial charge in [0, 0.05) is 24.7 Å². The smallest absolute Gasteiger partial charge is 0.0816 e. The summed E-state index contributed by atoms with van der Waals surface area (Å²) in [5.41, 5.74) is 0.849. The van der Waals surface area contributed by atoms with Crippen molar-refractivity contribution >= 4 is 11.6 Å². The van der Waals surface area contributed by atoms with Crippen LogP contribution in [0.2, 0.25) is 5.02 Å². The van der Waals surface area contributed by atoms with Gasteiger partial charge in [0.2, 0.25) is 0 Å². The van der Waals surface area contributed by atoms with E-state index in [0.29, 0.717) is 5.02 Å². The standard InChI is InChI=1S/C16H24ClNO/c1-12-9-13(2)11-18(10-12)8-7-16(19)14-5-3-4-6-15(14)17/h3-6,12-13,16,19H,7-11H2,1-2H3. The summed E-state index contributed by atoms with van der Waals surface area (Å²) in [4.78, 5) is 2.47. The molecule has 3 unspecified atom stereocenters. The third kappa shape index (κ3) is 4.20. The summed E-state index contributed by atoms with van der Waals surface area (Å²) in [5, 5.41) is 10.9. The van der Waals surface area contributed by atoms with Gasteiger partial charge in [-0.3, -0.25) is 0 Å². The minimum absolute atomic E-state index is 0.457. The third-order valence-corrected chi connectivity index (χ3v) is 4.27. The highest BCUT2D eigenvalue weighted by atomic mass is 35.5. The second kappa shape index (κ2) is 6.74. The van der Waals surface area contributed by atoms with Crippen molar-refractivity contribution < 1.29 is 5.11 Å². The molecule has 106 valence electrons. The van der Waals surface area contributed by atoms with E-state index in [2.05, 4.69) is 18.7 Å². The monoisotopic (exact) mass is 281 g/mol. The van der Waals surface area contributed by atoms with Crippen LogP contribution in [0.25, 0.3) is 0 Å². The lowest BCUT2D eigenvalue weighted by atomic mass is 9.91. The molecule has 19 heavy (non-hydrogen) atoms. The van der Waals surface area contributed by atoms with Crippen LogP contribution in [0.15, 0.2) is 24.3 Å². The van der Waals surface area contributed by atoms with Crippen LogP contribution in [-0.4, -0.2) is 29.6 Å². The maximum absolute atomic E-state index is 10.3. The molecule has 0 aliphatic carbocycles. The highest BCUT2D eigenvalue weighted by Gasteiger charge is 2.22. The summed E-state index contributed by atoms with van der Waals surface area (Å²) in [6, 6.07) is 7.57. The minimum Gasteiger partial charge on any atom is -0.388 e. The maximum Gasteiger partial charge on any atom is 0.0816 e.